The average Bonchev–Trinajstić information content (AvgIpc) is 3.31. The predicted octanol–water partition coefficient (Wildman–Crippen LogP) is 2.50. The van der Waals surface area contributed by atoms with Crippen molar-refractivity contribution in [3.63, 3.8) is 0 Å². The van der Waals surface area contributed by atoms with E-state index in [0.717, 1.165) is 23.1 Å². The number of anilines is 1. The van der Waals surface area contributed by atoms with E-state index in [-0.39, 0.29) is 29.7 Å². The minimum Gasteiger partial charge on any atom is -0.376 e. The smallest absolute Gasteiger partial charge is 0.324 e. The van der Waals surface area contributed by atoms with Crippen LogP contribution in [0.25, 0.3) is 10.2 Å². The SMILES string of the molecule is O=C(Nc1nc2ccccc2s1)N(C[C@H]1CCCO1)[C@H]1CCS(=O)(=O)C1. The summed E-state index contributed by atoms with van der Waals surface area (Å²) in [5, 5.41) is 3.38. The number of sulfone groups is 1. The Morgan fingerprint density at radius 2 is 2.19 bits per heavy atom. The lowest BCUT2D eigenvalue weighted by atomic mass is 10.2. The quantitative estimate of drug-likeness (QED) is 0.859. The number of nitrogens with zero attached hydrogens (tertiary/aromatic N) is 2. The maximum atomic E-state index is 12.9. The summed E-state index contributed by atoms with van der Waals surface area (Å²) in [7, 11) is -3.08. The van der Waals surface area contributed by atoms with Crippen LogP contribution in [0.5, 0.6) is 0 Å². The van der Waals surface area contributed by atoms with Crippen LogP contribution in [0.4, 0.5) is 9.93 Å². The Bertz CT molecular complexity index is 873. The van der Waals surface area contributed by atoms with E-state index in [1.54, 1.807) is 4.90 Å². The molecule has 140 valence electrons. The molecule has 26 heavy (non-hydrogen) atoms. The van der Waals surface area contributed by atoms with Crippen LogP contribution in [-0.4, -0.2) is 61.1 Å². The fraction of sp³-hybridized carbons (Fsp3) is 0.529. The van der Waals surface area contributed by atoms with E-state index in [9.17, 15) is 13.2 Å². The van der Waals surface area contributed by atoms with Gasteiger partial charge in [-0.05, 0) is 31.4 Å². The Hall–Kier alpha value is -1.71. The van der Waals surface area contributed by atoms with Gasteiger partial charge in [0.1, 0.15) is 0 Å². The summed E-state index contributed by atoms with van der Waals surface area (Å²) in [5.41, 5.74) is 0.835. The Balaban J connectivity index is 1.52. The van der Waals surface area contributed by atoms with Gasteiger partial charge in [-0.1, -0.05) is 23.5 Å². The molecule has 0 bridgehead atoms. The number of benzene rings is 1. The normalized spacial score (nSPS) is 24.8. The van der Waals surface area contributed by atoms with Crippen molar-refractivity contribution in [2.75, 3.05) is 30.0 Å². The zero-order chi connectivity index (χ0) is 18.1. The molecule has 2 saturated heterocycles. The van der Waals surface area contributed by atoms with Gasteiger partial charge < -0.3 is 9.64 Å². The number of aromatic nitrogens is 1. The van der Waals surface area contributed by atoms with Crippen LogP contribution >= 0.6 is 11.3 Å². The van der Waals surface area contributed by atoms with Crippen LogP contribution in [0.3, 0.4) is 0 Å². The van der Waals surface area contributed by atoms with E-state index in [2.05, 4.69) is 10.3 Å². The zero-order valence-electron chi connectivity index (χ0n) is 14.3. The number of rotatable bonds is 4. The number of thiazole rings is 1. The van der Waals surface area contributed by atoms with Crippen molar-refractivity contribution >= 4 is 42.6 Å². The number of nitrogens with one attached hydrogen (secondary N) is 1. The Morgan fingerprint density at radius 1 is 1.35 bits per heavy atom. The summed E-state index contributed by atoms with van der Waals surface area (Å²) in [6.45, 7) is 1.11. The summed E-state index contributed by atoms with van der Waals surface area (Å²) in [6.07, 6.45) is 2.31. The third-order valence-electron chi connectivity index (χ3n) is 4.84. The standard InChI is InChI=1S/C17H21N3O4S2/c21-17(19-16-18-14-5-1-2-6-15(14)25-16)20(10-13-4-3-8-24-13)12-7-9-26(22,23)11-12/h1-2,5-6,12-13H,3-4,7-11H2,(H,18,19,21)/t12-,13+/m0/s1. The topological polar surface area (TPSA) is 88.6 Å². The number of amides is 2. The van der Waals surface area contributed by atoms with Crippen LogP contribution in [0.15, 0.2) is 24.3 Å². The molecule has 1 aromatic carbocycles. The lowest BCUT2D eigenvalue weighted by molar-refractivity contribution is 0.0751. The number of hydrogen-bond acceptors (Lipinski definition) is 6. The predicted molar refractivity (Wildman–Crippen MR) is 101 cm³/mol. The number of para-hydroxylation sites is 1. The Morgan fingerprint density at radius 3 is 2.88 bits per heavy atom. The van der Waals surface area contributed by atoms with E-state index < -0.39 is 9.84 Å². The molecule has 0 aliphatic carbocycles. The molecule has 2 aromatic rings. The zero-order valence-corrected chi connectivity index (χ0v) is 15.9. The Kier molecular flexibility index (Phi) is 4.85. The molecule has 1 N–H and O–H groups in total. The summed E-state index contributed by atoms with van der Waals surface area (Å²) in [5.74, 6) is 0.154. The molecule has 2 aliphatic rings. The van der Waals surface area contributed by atoms with Crippen molar-refractivity contribution in [2.45, 2.75) is 31.4 Å². The molecule has 2 aliphatic heterocycles. The van der Waals surface area contributed by atoms with Gasteiger partial charge in [0.25, 0.3) is 0 Å². The number of fused-ring (bicyclic) bond motifs is 1. The molecule has 0 spiro atoms. The van der Waals surface area contributed by atoms with Gasteiger partial charge in [0.15, 0.2) is 15.0 Å². The number of ether oxygens (including phenoxy) is 1. The summed E-state index contributed by atoms with van der Waals surface area (Å²) in [6, 6.07) is 7.08. The van der Waals surface area contributed by atoms with Gasteiger partial charge in [-0.2, -0.15) is 0 Å². The highest BCUT2D eigenvalue weighted by atomic mass is 32.2. The van der Waals surface area contributed by atoms with Gasteiger partial charge in [0, 0.05) is 19.2 Å². The van der Waals surface area contributed by atoms with Crippen molar-refractivity contribution in [2.24, 2.45) is 0 Å². The fourth-order valence-corrected chi connectivity index (χ4v) is 6.10. The maximum absolute atomic E-state index is 12.9. The van der Waals surface area contributed by atoms with Crippen LogP contribution < -0.4 is 5.32 Å². The van der Waals surface area contributed by atoms with Crippen molar-refractivity contribution in [1.29, 1.82) is 0 Å². The second-order valence-electron chi connectivity index (χ2n) is 6.76. The van der Waals surface area contributed by atoms with Crippen LogP contribution in [-0.2, 0) is 14.6 Å². The van der Waals surface area contributed by atoms with Gasteiger partial charge in [-0.3, -0.25) is 5.32 Å². The van der Waals surface area contributed by atoms with Gasteiger partial charge in [-0.15, -0.1) is 0 Å². The highest BCUT2D eigenvalue weighted by Gasteiger charge is 2.36. The first kappa shape index (κ1) is 17.7. The van der Waals surface area contributed by atoms with Crippen molar-refractivity contribution in [3.8, 4) is 0 Å². The van der Waals surface area contributed by atoms with Crippen molar-refractivity contribution in [1.82, 2.24) is 9.88 Å². The summed E-state index contributed by atoms with van der Waals surface area (Å²) in [4.78, 5) is 19.0. The molecule has 2 amide bonds. The van der Waals surface area contributed by atoms with Crippen molar-refractivity contribution in [3.05, 3.63) is 24.3 Å². The van der Waals surface area contributed by atoms with E-state index >= 15 is 0 Å². The fourth-order valence-electron chi connectivity index (χ4n) is 3.52. The summed E-state index contributed by atoms with van der Waals surface area (Å²) >= 11 is 1.41. The van der Waals surface area contributed by atoms with Crippen LogP contribution in [0.2, 0.25) is 0 Å². The molecule has 1 aromatic heterocycles. The molecule has 7 nitrogen and oxygen atoms in total. The maximum Gasteiger partial charge on any atom is 0.324 e. The third-order valence-corrected chi connectivity index (χ3v) is 7.54. The summed E-state index contributed by atoms with van der Waals surface area (Å²) < 4.78 is 30.4. The molecule has 4 rings (SSSR count). The third kappa shape index (κ3) is 3.84. The largest absolute Gasteiger partial charge is 0.376 e. The highest BCUT2D eigenvalue weighted by Crippen LogP contribution is 2.27. The molecular weight excluding hydrogens is 374 g/mol. The molecule has 0 radical (unpaired) electrons. The Labute approximate surface area is 156 Å². The number of hydrogen-bond donors (Lipinski definition) is 1. The van der Waals surface area contributed by atoms with Crippen molar-refractivity contribution < 1.29 is 17.9 Å². The van der Waals surface area contributed by atoms with Gasteiger partial charge in [-0.25, -0.2) is 18.2 Å². The average molecular weight is 396 g/mol. The van der Waals surface area contributed by atoms with Gasteiger partial charge >= 0.3 is 6.03 Å². The lowest BCUT2D eigenvalue weighted by Gasteiger charge is -2.30. The first-order valence-corrected chi connectivity index (χ1v) is 11.4. The molecule has 2 atom stereocenters. The first-order valence-electron chi connectivity index (χ1n) is 8.75. The molecule has 0 unspecified atom stereocenters. The number of urea groups is 1. The minimum absolute atomic E-state index is 0.0208. The molecule has 3 heterocycles. The lowest BCUT2D eigenvalue weighted by Crippen LogP contribution is -2.47. The monoisotopic (exact) mass is 395 g/mol. The minimum atomic E-state index is -3.08. The van der Waals surface area contributed by atoms with Gasteiger partial charge in [0.2, 0.25) is 0 Å². The number of carbonyl (C=O) groups is 1. The number of carbonyl (C=O) groups excluding carboxylic acids is 1. The van der Waals surface area contributed by atoms with E-state index in [4.69, 9.17) is 4.74 Å². The van der Waals surface area contributed by atoms with E-state index in [0.29, 0.717) is 24.7 Å². The van der Waals surface area contributed by atoms with Crippen LogP contribution in [0, 0.1) is 0 Å². The van der Waals surface area contributed by atoms with Crippen LogP contribution in [0.1, 0.15) is 19.3 Å². The van der Waals surface area contributed by atoms with Gasteiger partial charge in [0.05, 0.1) is 27.8 Å². The molecule has 9 heteroatoms. The first-order chi connectivity index (χ1) is 12.5. The molecule has 2 fully saturated rings. The molecular formula is C17H21N3O4S2. The molecule has 0 saturated carbocycles. The highest BCUT2D eigenvalue weighted by molar-refractivity contribution is 7.91. The second kappa shape index (κ2) is 7.13. The second-order valence-corrected chi connectivity index (χ2v) is 10.0. The van der Waals surface area contributed by atoms with E-state index in [1.807, 2.05) is 24.3 Å². The van der Waals surface area contributed by atoms with E-state index in [1.165, 1.54) is 11.3 Å².